The fraction of sp³-hybridized carbons (Fsp3) is 0.190. The minimum absolute atomic E-state index is 0.613. The van der Waals surface area contributed by atoms with Crippen LogP contribution in [-0.4, -0.2) is 34.0 Å². The number of nitrogens with zero attached hydrogens (tertiary/aromatic N) is 4. The molecule has 0 aliphatic heterocycles. The quantitative estimate of drug-likeness (QED) is 0.521. The van der Waals surface area contributed by atoms with E-state index in [0.717, 1.165) is 27.9 Å². The highest BCUT2D eigenvalue weighted by Crippen LogP contribution is 2.38. The van der Waals surface area contributed by atoms with Gasteiger partial charge in [0.2, 0.25) is 0 Å². The Morgan fingerprint density at radius 1 is 0.929 bits per heavy atom. The molecular weight excluding hydrogens is 356 g/mol. The van der Waals surface area contributed by atoms with Crippen LogP contribution in [0.5, 0.6) is 23.0 Å². The molecule has 0 aliphatic carbocycles. The van der Waals surface area contributed by atoms with E-state index in [0.29, 0.717) is 23.0 Å². The molecule has 0 aliphatic rings. The summed E-state index contributed by atoms with van der Waals surface area (Å²) in [5, 5.41) is 5.06. The van der Waals surface area contributed by atoms with Crippen molar-refractivity contribution in [1.29, 1.82) is 0 Å². The highest BCUT2D eigenvalue weighted by Gasteiger charge is 2.15. The summed E-state index contributed by atoms with van der Waals surface area (Å²) in [6.07, 6.45) is 5.38. The molecule has 0 unspecified atom stereocenters. The fourth-order valence-electron chi connectivity index (χ4n) is 3.03. The maximum atomic E-state index is 6.28. The van der Waals surface area contributed by atoms with Crippen molar-refractivity contribution in [2.45, 2.75) is 6.92 Å². The lowest BCUT2D eigenvalue weighted by atomic mass is 10.1. The van der Waals surface area contributed by atoms with E-state index in [9.17, 15) is 0 Å². The maximum absolute atomic E-state index is 6.28. The van der Waals surface area contributed by atoms with Crippen molar-refractivity contribution < 1.29 is 14.2 Å². The zero-order valence-electron chi connectivity index (χ0n) is 16.1. The molecule has 3 heterocycles. The second kappa shape index (κ2) is 7.19. The van der Waals surface area contributed by atoms with Gasteiger partial charge in [-0.1, -0.05) is 0 Å². The molecule has 3 aromatic heterocycles. The van der Waals surface area contributed by atoms with E-state index in [-0.39, 0.29) is 0 Å². The molecule has 4 rings (SSSR count). The first kappa shape index (κ1) is 17.8. The molecule has 4 aromatic rings. The Bertz CT molecular complexity index is 1150. The summed E-state index contributed by atoms with van der Waals surface area (Å²) < 4.78 is 18.8. The van der Waals surface area contributed by atoms with Gasteiger partial charge in [-0.05, 0) is 31.2 Å². The van der Waals surface area contributed by atoms with Crippen LogP contribution in [0.2, 0.25) is 0 Å². The Hall–Kier alpha value is -3.61. The number of ether oxygens (including phenoxy) is 3. The summed E-state index contributed by atoms with van der Waals surface area (Å²) in [4.78, 5) is 9.08. The van der Waals surface area contributed by atoms with Crippen LogP contribution in [0, 0.1) is 6.92 Å². The molecule has 142 valence electrons. The molecule has 0 atom stereocenters. The zero-order valence-corrected chi connectivity index (χ0v) is 16.1. The first-order valence-electron chi connectivity index (χ1n) is 8.74. The molecule has 0 bridgehead atoms. The molecular formula is C21H20N4O3. The Labute approximate surface area is 162 Å². The Morgan fingerprint density at radius 2 is 1.71 bits per heavy atom. The largest absolute Gasteiger partial charge is 0.493 e. The van der Waals surface area contributed by atoms with Crippen molar-refractivity contribution in [1.82, 2.24) is 19.7 Å². The summed E-state index contributed by atoms with van der Waals surface area (Å²) >= 11 is 0. The predicted molar refractivity (Wildman–Crippen MR) is 106 cm³/mol. The average molecular weight is 376 g/mol. The summed E-state index contributed by atoms with van der Waals surface area (Å²) in [6.45, 7) is 1.95. The smallest absolute Gasteiger partial charge is 0.162 e. The van der Waals surface area contributed by atoms with Crippen molar-refractivity contribution >= 4 is 10.9 Å². The van der Waals surface area contributed by atoms with Crippen molar-refractivity contribution in [2.75, 3.05) is 14.2 Å². The summed E-state index contributed by atoms with van der Waals surface area (Å²) in [5.41, 5.74) is 3.27. The summed E-state index contributed by atoms with van der Waals surface area (Å²) in [7, 11) is 5.07. The molecule has 7 heteroatoms. The van der Waals surface area contributed by atoms with Gasteiger partial charge in [0.25, 0.3) is 0 Å². The number of aryl methyl sites for hydroxylation is 2. The van der Waals surface area contributed by atoms with Crippen LogP contribution in [-0.2, 0) is 7.05 Å². The lowest BCUT2D eigenvalue weighted by Crippen LogP contribution is -1.95. The minimum Gasteiger partial charge on any atom is -0.493 e. The van der Waals surface area contributed by atoms with Crippen LogP contribution in [0.4, 0.5) is 0 Å². The summed E-state index contributed by atoms with van der Waals surface area (Å²) in [6, 6.07) is 9.35. The minimum atomic E-state index is 0.613. The zero-order chi connectivity index (χ0) is 19.7. The normalized spacial score (nSPS) is 10.9. The molecule has 1 aromatic carbocycles. The van der Waals surface area contributed by atoms with Crippen LogP contribution in [0.25, 0.3) is 22.2 Å². The standard InChI is InChI=1S/C21H20N4O3/c1-13-5-6-18(21(24-13)14-11-23-25(2)12-14)28-17-7-8-22-16-10-20(27-4)19(26-3)9-15(16)17/h5-12H,1-4H3. The van der Waals surface area contributed by atoms with E-state index >= 15 is 0 Å². The highest BCUT2D eigenvalue weighted by atomic mass is 16.5. The van der Waals surface area contributed by atoms with Crippen LogP contribution < -0.4 is 14.2 Å². The first-order valence-corrected chi connectivity index (χ1v) is 8.74. The molecule has 0 N–H and O–H groups in total. The van der Waals surface area contributed by atoms with Gasteiger partial charge in [-0.15, -0.1) is 0 Å². The average Bonchev–Trinajstić information content (AvgIpc) is 3.14. The third kappa shape index (κ3) is 3.22. The Balaban J connectivity index is 1.83. The van der Waals surface area contributed by atoms with Crippen LogP contribution >= 0.6 is 0 Å². The van der Waals surface area contributed by atoms with Crippen molar-refractivity contribution in [3.63, 3.8) is 0 Å². The number of pyridine rings is 2. The van der Waals surface area contributed by atoms with Gasteiger partial charge in [0.05, 0.1) is 25.9 Å². The lowest BCUT2D eigenvalue weighted by molar-refractivity contribution is 0.355. The van der Waals surface area contributed by atoms with Gasteiger partial charge < -0.3 is 14.2 Å². The topological polar surface area (TPSA) is 71.3 Å². The number of aromatic nitrogens is 4. The van der Waals surface area contributed by atoms with Crippen LogP contribution in [0.15, 0.2) is 48.9 Å². The number of benzene rings is 1. The predicted octanol–water partition coefficient (Wildman–Crippen LogP) is 4.15. The maximum Gasteiger partial charge on any atom is 0.162 e. The Kier molecular flexibility index (Phi) is 4.57. The third-order valence-corrected chi connectivity index (χ3v) is 4.40. The van der Waals surface area contributed by atoms with Gasteiger partial charge in [0.1, 0.15) is 11.4 Å². The van der Waals surface area contributed by atoms with Gasteiger partial charge in [0.15, 0.2) is 17.2 Å². The molecule has 28 heavy (non-hydrogen) atoms. The van der Waals surface area contributed by atoms with Crippen molar-refractivity contribution in [3.8, 4) is 34.3 Å². The van der Waals surface area contributed by atoms with E-state index in [1.54, 1.807) is 31.3 Å². The first-order chi connectivity index (χ1) is 13.6. The highest BCUT2D eigenvalue weighted by molar-refractivity contribution is 5.88. The number of methoxy groups -OCH3 is 2. The second-order valence-electron chi connectivity index (χ2n) is 6.34. The number of hydrogen-bond donors (Lipinski definition) is 0. The second-order valence-corrected chi connectivity index (χ2v) is 6.34. The van der Waals surface area contributed by atoms with Crippen molar-refractivity contribution in [3.05, 3.63) is 54.6 Å². The van der Waals surface area contributed by atoms with E-state index < -0.39 is 0 Å². The third-order valence-electron chi connectivity index (χ3n) is 4.40. The van der Waals surface area contributed by atoms with Gasteiger partial charge in [-0.25, -0.2) is 4.98 Å². The number of rotatable bonds is 5. The van der Waals surface area contributed by atoms with E-state index in [2.05, 4.69) is 15.1 Å². The SMILES string of the molecule is COc1cc2nccc(Oc3ccc(C)nc3-c3cnn(C)c3)c2cc1OC. The molecule has 0 fully saturated rings. The molecule has 0 radical (unpaired) electrons. The number of hydrogen-bond acceptors (Lipinski definition) is 6. The molecule has 7 nitrogen and oxygen atoms in total. The van der Waals surface area contributed by atoms with Gasteiger partial charge in [-0.3, -0.25) is 9.67 Å². The Morgan fingerprint density at radius 3 is 2.43 bits per heavy atom. The fourth-order valence-corrected chi connectivity index (χ4v) is 3.03. The molecule has 0 saturated heterocycles. The molecule has 0 saturated carbocycles. The van der Waals surface area contributed by atoms with Gasteiger partial charge in [-0.2, -0.15) is 5.10 Å². The van der Waals surface area contributed by atoms with E-state index in [1.807, 2.05) is 50.5 Å². The van der Waals surface area contributed by atoms with Crippen LogP contribution in [0.3, 0.4) is 0 Å². The van der Waals surface area contributed by atoms with Gasteiger partial charge >= 0.3 is 0 Å². The van der Waals surface area contributed by atoms with Gasteiger partial charge in [0, 0.05) is 42.2 Å². The summed E-state index contributed by atoms with van der Waals surface area (Å²) in [5.74, 6) is 2.53. The van der Waals surface area contributed by atoms with Crippen LogP contribution in [0.1, 0.15) is 5.69 Å². The van der Waals surface area contributed by atoms with E-state index in [4.69, 9.17) is 14.2 Å². The lowest BCUT2D eigenvalue weighted by Gasteiger charge is -2.14. The van der Waals surface area contributed by atoms with Crippen molar-refractivity contribution in [2.24, 2.45) is 7.05 Å². The molecule has 0 spiro atoms. The number of fused-ring (bicyclic) bond motifs is 1. The molecule has 0 amide bonds. The monoisotopic (exact) mass is 376 g/mol. The van der Waals surface area contributed by atoms with E-state index in [1.165, 1.54) is 0 Å².